The van der Waals surface area contributed by atoms with Crippen molar-refractivity contribution in [2.24, 2.45) is 0 Å². The molecule has 1 aliphatic rings. The van der Waals surface area contributed by atoms with E-state index in [1.807, 2.05) is 0 Å². The molecule has 0 bridgehead atoms. The highest BCUT2D eigenvalue weighted by atomic mass is 16.3. The molecule has 1 fully saturated rings. The van der Waals surface area contributed by atoms with Gasteiger partial charge in [0, 0.05) is 11.1 Å². The van der Waals surface area contributed by atoms with Gasteiger partial charge < -0.3 is 10.4 Å². The third-order valence-electron chi connectivity index (χ3n) is 3.66. The van der Waals surface area contributed by atoms with Gasteiger partial charge in [-0.25, -0.2) is 0 Å². The van der Waals surface area contributed by atoms with Crippen LogP contribution in [0, 0.1) is 0 Å². The number of H-pyrrole nitrogens is 1. The minimum Gasteiger partial charge on any atom is -0.391 e. The predicted octanol–water partition coefficient (Wildman–Crippen LogP) is 1.74. The van der Waals surface area contributed by atoms with Crippen LogP contribution in [-0.2, 0) is 5.41 Å². The molecule has 2 rings (SSSR count). The van der Waals surface area contributed by atoms with Crippen molar-refractivity contribution in [2.45, 2.75) is 64.0 Å². The molecule has 2 atom stereocenters. The van der Waals surface area contributed by atoms with E-state index in [1.165, 1.54) is 0 Å². The predicted molar refractivity (Wildman–Crippen MR) is 73.0 cm³/mol. The van der Waals surface area contributed by atoms with Gasteiger partial charge in [-0.2, -0.15) is 5.10 Å². The van der Waals surface area contributed by atoms with Gasteiger partial charge in [0.15, 0.2) is 0 Å². The molecule has 0 radical (unpaired) electrons. The van der Waals surface area contributed by atoms with Crippen LogP contribution < -0.4 is 5.32 Å². The van der Waals surface area contributed by atoms with Crippen molar-refractivity contribution in [3.8, 4) is 0 Å². The summed E-state index contributed by atoms with van der Waals surface area (Å²) in [5, 5.41) is 19.7. The monoisotopic (exact) mass is 265 g/mol. The molecule has 0 aliphatic heterocycles. The van der Waals surface area contributed by atoms with Crippen molar-refractivity contribution in [1.82, 2.24) is 15.5 Å². The van der Waals surface area contributed by atoms with E-state index in [0.29, 0.717) is 5.69 Å². The lowest BCUT2D eigenvalue weighted by molar-refractivity contribution is 0.0714. The Hall–Kier alpha value is -1.36. The lowest BCUT2D eigenvalue weighted by Gasteiger charge is -2.27. The highest BCUT2D eigenvalue weighted by molar-refractivity contribution is 5.92. The van der Waals surface area contributed by atoms with Gasteiger partial charge in [0.25, 0.3) is 5.91 Å². The topological polar surface area (TPSA) is 78.0 Å². The summed E-state index contributed by atoms with van der Waals surface area (Å²) in [5.74, 6) is -0.210. The second kappa shape index (κ2) is 5.33. The average Bonchev–Trinajstić information content (AvgIpc) is 2.81. The maximum absolute atomic E-state index is 12.1. The van der Waals surface area contributed by atoms with Gasteiger partial charge in [0.05, 0.1) is 12.1 Å². The summed E-state index contributed by atoms with van der Waals surface area (Å²) < 4.78 is 0. The largest absolute Gasteiger partial charge is 0.391 e. The lowest BCUT2D eigenvalue weighted by atomic mass is 9.91. The molecular formula is C14H23N3O2. The molecule has 1 heterocycles. The first-order chi connectivity index (χ1) is 8.88. The van der Waals surface area contributed by atoms with Crippen LogP contribution in [0.15, 0.2) is 6.07 Å². The minimum absolute atomic E-state index is 0.0596. The molecule has 0 aromatic carbocycles. The summed E-state index contributed by atoms with van der Waals surface area (Å²) in [6.07, 6.45) is 3.25. The van der Waals surface area contributed by atoms with E-state index in [-0.39, 0.29) is 17.4 Å². The number of aliphatic hydroxyl groups excluding tert-OH is 1. The van der Waals surface area contributed by atoms with Crippen molar-refractivity contribution in [2.75, 3.05) is 0 Å². The van der Waals surface area contributed by atoms with Crippen LogP contribution in [0.5, 0.6) is 0 Å². The number of carbonyl (C=O) groups excluding carboxylic acids is 1. The zero-order chi connectivity index (χ0) is 14.0. The number of hydrogen-bond acceptors (Lipinski definition) is 3. The Morgan fingerprint density at radius 3 is 2.68 bits per heavy atom. The normalized spacial score (nSPS) is 24.2. The van der Waals surface area contributed by atoms with E-state index in [1.54, 1.807) is 6.07 Å². The summed E-state index contributed by atoms with van der Waals surface area (Å²) in [5.41, 5.74) is 1.26. The van der Waals surface area contributed by atoms with Crippen LogP contribution >= 0.6 is 0 Å². The lowest BCUT2D eigenvalue weighted by Crippen LogP contribution is -2.45. The standard InChI is InChI=1S/C14H23N3O2/c1-14(2,3)12-8-10(16-17-12)13(19)15-9-6-4-5-7-11(9)18/h8-9,11,18H,4-7H2,1-3H3,(H,15,19)(H,16,17). The fraction of sp³-hybridized carbons (Fsp3) is 0.714. The third kappa shape index (κ3) is 3.35. The van der Waals surface area contributed by atoms with E-state index in [0.717, 1.165) is 31.4 Å². The molecule has 0 saturated heterocycles. The van der Waals surface area contributed by atoms with Gasteiger partial charge in [0.1, 0.15) is 5.69 Å². The molecule has 0 spiro atoms. The first-order valence-corrected chi connectivity index (χ1v) is 6.93. The van der Waals surface area contributed by atoms with Gasteiger partial charge in [-0.3, -0.25) is 9.89 Å². The maximum atomic E-state index is 12.1. The van der Waals surface area contributed by atoms with Crippen LogP contribution in [0.2, 0.25) is 0 Å². The van der Waals surface area contributed by atoms with Gasteiger partial charge >= 0.3 is 0 Å². The van der Waals surface area contributed by atoms with E-state index in [4.69, 9.17) is 0 Å². The molecule has 106 valence electrons. The van der Waals surface area contributed by atoms with E-state index >= 15 is 0 Å². The Balaban J connectivity index is 2.01. The maximum Gasteiger partial charge on any atom is 0.272 e. The number of nitrogens with one attached hydrogen (secondary N) is 2. The highest BCUT2D eigenvalue weighted by Gasteiger charge is 2.26. The van der Waals surface area contributed by atoms with Crippen LogP contribution in [0.3, 0.4) is 0 Å². The molecule has 1 aromatic rings. The highest BCUT2D eigenvalue weighted by Crippen LogP contribution is 2.21. The Morgan fingerprint density at radius 1 is 1.42 bits per heavy atom. The number of carbonyl (C=O) groups is 1. The van der Waals surface area contributed by atoms with E-state index < -0.39 is 6.10 Å². The second-order valence-electron chi connectivity index (χ2n) is 6.35. The van der Waals surface area contributed by atoms with Gasteiger partial charge in [-0.05, 0) is 18.9 Å². The summed E-state index contributed by atoms with van der Waals surface area (Å²) in [6, 6.07) is 1.64. The van der Waals surface area contributed by atoms with Gasteiger partial charge in [0.2, 0.25) is 0 Å². The number of aliphatic hydroxyl groups is 1. The summed E-state index contributed by atoms with van der Waals surface area (Å²) in [4.78, 5) is 12.1. The molecule has 5 nitrogen and oxygen atoms in total. The summed E-state index contributed by atoms with van der Waals surface area (Å²) in [7, 11) is 0. The molecule has 1 amide bonds. The fourth-order valence-corrected chi connectivity index (χ4v) is 2.34. The van der Waals surface area contributed by atoms with Crippen molar-refractivity contribution in [3.63, 3.8) is 0 Å². The molecule has 2 unspecified atom stereocenters. The number of aromatic nitrogens is 2. The number of hydrogen-bond donors (Lipinski definition) is 3. The Kier molecular flexibility index (Phi) is 3.94. The van der Waals surface area contributed by atoms with Crippen LogP contribution in [0.4, 0.5) is 0 Å². The van der Waals surface area contributed by atoms with Gasteiger partial charge in [-0.15, -0.1) is 0 Å². The number of amides is 1. The van der Waals surface area contributed by atoms with Gasteiger partial charge in [-0.1, -0.05) is 33.6 Å². The summed E-state index contributed by atoms with van der Waals surface area (Å²) in [6.45, 7) is 6.19. The molecule has 1 aliphatic carbocycles. The Labute approximate surface area is 113 Å². The van der Waals surface area contributed by atoms with Crippen molar-refractivity contribution in [3.05, 3.63) is 17.5 Å². The van der Waals surface area contributed by atoms with Crippen molar-refractivity contribution >= 4 is 5.91 Å². The second-order valence-corrected chi connectivity index (χ2v) is 6.35. The SMILES string of the molecule is CC(C)(C)c1cc(C(=O)NC2CCCCC2O)n[nH]1. The molecule has 3 N–H and O–H groups in total. The van der Waals surface area contributed by atoms with Crippen molar-refractivity contribution < 1.29 is 9.90 Å². The van der Waals surface area contributed by atoms with E-state index in [9.17, 15) is 9.90 Å². The molecule has 19 heavy (non-hydrogen) atoms. The first-order valence-electron chi connectivity index (χ1n) is 6.93. The zero-order valence-electron chi connectivity index (χ0n) is 11.9. The van der Waals surface area contributed by atoms with Crippen LogP contribution in [0.25, 0.3) is 0 Å². The first kappa shape index (κ1) is 14.1. The van der Waals surface area contributed by atoms with Crippen molar-refractivity contribution in [1.29, 1.82) is 0 Å². The molecule has 1 aromatic heterocycles. The Bertz CT molecular complexity index is 448. The number of rotatable bonds is 2. The summed E-state index contributed by atoms with van der Waals surface area (Å²) >= 11 is 0. The van der Waals surface area contributed by atoms with Crippen LogP contribution in [-0.4, -0.2) is 33.4 Å². The molecule has 5 heteroatoms. The molecule has 1 saturated carbocycles. The zero-order valence-corrected chi connectivity index (χ0v) is 11.9. The molecular weight excluding hydrogens is 242 g/mol. The number of nitrogens with zero attached hydrogens (tertiary/aromatic N) is 1. The van der Waals surface area contributed by atoms with E-state index in [2.05, 4.69) is 36.3 Å². The fourth-order valence-electron chi connectivity index (χ4n) is 2.34. The Morgan fingerprint density at radius 2 is 2.11 bits per heavy atom. The minimum atomic E-state index is -0.432. The number of aromatic amines is 1. The average molecular weight is 265 g/mol. The van der Waals surface area contributed by atoms with Crippen LogP contribution in [0.1, 0.15) is 62.6 Å². The third-order valence-corrected chi connectivity index (χ3v) is 3.66. The quantitative estimate of drug-likeness (QED) is 0.762. The smallest absolute Gasteiger partial charge is 0.272 e.